The Morgan fingerprint density at radius 3 is 2.44 bits per heavy atom. The van der Waals surface area contributed by atoms with Crippen LogP contribution < -0.4 is 5.73 Å². The van der Waals surface area contributed by atoms with Crippen molar-refractivity contribution in [3.05, 3.63) is 0 Å². The molecule has 56 valence electrons. The maximum absolute atomic E-state index is 5.36. The first-order valence-electron chi connectivity index (χ1n) is 3.58. The fourth-order valence-corrected chi connectivity index (χ4v) is 0.888. The molecule has 2 heteroatoms. The number of nitrogens with two attached hydrogens (primary N) is 1. The van der Waals surface area contributed by atoms with Crippen molar-refractivity contribution in [1.29, 1.82) is 0 Å². The van der Waals surface area contributed by atoms with E-state index < -0.39 is 0 Å². The van der Waals surface area contributed by atoms with Crippen LogP contribution in [0.2, 0.25) is 0 Å². The van der Waals surface area contributed by atoms with Gasteiger partial charge in [-0.2, -0.15) is 0 Å². The summed E-state index contributed by atoms with van der Waals surface area (Å²) in [5.74, 6) is 0. The van der Waals surface area contributed by atoms with Crippen LogP contribution in [0.3, 0.4) is 0 Å². The summed E-state index contributed by atoms with van der Waals surface area (Å²) in [4.78, 5) is 0. The van der Waals surface area contributed by atoms with Crippen molar-refractivity contribution in [2.24, 2.45) is 5.73 Å². The summed E-state index contributed by atoms with van der Waals surface area (Å²) in [6.07, 6.45) is 3.69. The Balaban J connectivity index is 3.18. The molecule has 2 nitrogen and oxygen atoms in total. The Hall–Kier alpha value is -0.0800. The predicted octanol–water partition coefficient (Wildman–Crippen LogP) is 1.15. The van der Waals surface area contributed by atoms with Crippen LogP contribution in [0, 0.1) is 0 Å². The van der Waals surface area contributed by atoms with Gasteiger partial charge in [-0.1, -0.05) is 13.3 Å². The van der Waals surface area contributed by atoms with Gasteiger partial charge in [-0.25, -0.2) is 0 Å². The highest BCUT2D eigenvalue weighted by Gasteiger charge is 2.02. The zero-order chi connectivity index (χ0) is 7.11. The first-order valence-corrected chi connectivity index (χ1v) is 3.58. The SMILES string of the molecule is CCCC(CCN)OC. The van der Waals surface area contributed by atoms with E-state index in [-0.39, 0.29) is 0 Å². The van der Waals surface area contributed by atoms with Gasteiger partial charge in [0.1, 0.15) is 0 Å². The summed E-state index contributed by atoms with van der Waals surface area (Å²) < 4.78 is 5.15. The highest BCUT2D eigenvalue weighted by Crippen LogP contribution is 2.03. The van der Waals surface area contributed by atoms with Crippen LogP contribution in [-0.2, 0) is 4.74 Å². The van der Waals surface area contributed by atoms with Gasteiger partial charge < -0.3 is 10.5 Å². The Labute approximate surface area is 57.4 Å². The lowest BCUT2D eigenvalue weighted by Gasteiger charge is -2.11. The highest BCUT2D eigenvalue weighted by molar-refractivity contribution is 4.55. The number of rotatable bonds is 5. The molecule has 1 unspecified atom stereocenters. The molecule has 0 spiro atoms. The summed E-state index contributed by atoms with van der Waals surface area (Å²) in [6, 6.07) is 0. The van der Waals surface area contributed by atoms with Crippen LogP contribution in [0.5, 0.6) is 0 Å². The van der Waals surface area contributed by atoms with E-state index in [4.69, 9.17) is 10.5 Å². The van der Waals surface area contributed by atoms with Crippen LogP contribution in [0.1, 0.15) is 26.2 Å². The van der Waals surface area contributed by atoms with E-state index in [1.165, 1.54) is 6.42 Å². The standard InChI is InChI=1S/C7H17NO/c1-3-4-7(9-2)5-6-8/h7H,3-6,8H2,1-2H3. The van der Waals surface area contributed by atoms with Crippen molar-refractivity contribution in [3.63, 3.8) is 0 Å². The largest absolute Gasteiger partial charge is 0.381 e. The summed E-state index contributed by atoms with van der Waals surface area (Å²) in [5, 5.41) is 0. The third kappa shape index (κ3) is 4.43. The van der Waals surface area contributed by atoms with Crippen LogP contribution in [-0.4, -0.2) is 19.8 Å². The van der Waals surface area contributed by atoms with Gasteiger partial charge in [0.2, 0.25) is 0 Å². The molecule has 0 aromatic carbocycles. The molecule has 9 heavy (non-hydrogen) atoms. The van der Waals surface area contributed by atoms with Gasteiger partial charge in [-0.05, 0) is 19.4 Å². The minimum Gasteiger partial charge on any atom is -0.381 e. The Morgan fingerprint density at radius 2 is 2.11 bits per heavy atom. The van der Waals surface area contributed by atoms with E-state index in [2.05, 4.69) is 6.92 Å². The van der Waals surface area contributed by atoms with E-state index >= 15 is 0 Å². The fraction of sp³-hybridized carbons (Fsp3) is 1.00. The molecule has 0 rings (SSSR count). The molecule has 0 aliphatic carbocycles. The van der Waals surface area contributed by atoms with Crippen LogP contribution in [0.4, 0.5) is 0 Å². The van der Waals surface area contributed by atoms with Crippen molar-refractivity contribution in [1.82, 2.24) is 0 Å². The maximum atomic E-state index is 5.36. The lowest BCUT2D eigenvalue weighted by molar-refractivity contribution is 0.0894. The fourth-order valence-electron chi connectivity index (χ4n) is 0.888. The molecule has 0 bridgehead atoms. The number of ether oxygens (including phenoxy) is 1. The molecule has 0 aromatic rings. The predicted molar refractivity (Wildman–Crippen MR) is 39.4 cm³/mol. The molecule has 0 heterocycles. The van der Waals surface area contributed by atoms with E-state index in [1.807, 2.05) is 0 Å². The quantitative estimate of drug-likeness (QED) is 0.607. The highest BCUT2D eigenvalue weighted by atomic mass is 16.5. The average Bonchev–Trinajstić information content (AvgIpc) is 1.88. The van der Waals surface area contributed by atoms with Gasteiger partial charge in [0.05, 0.1) is 6.10 Å². The normalized spacial score (nSPS) is 13.7. The number of methoxy groups -OCH3 is 1. The molecule has 0 amide bonds. The van der Waals surface area contributed by atoms with Gasteiger partial charge >= 0.3 is 0 Å². The van der Waals surface area contributed by atoms with Gasteiger partial charge in [-0.3, -0.25) is 0 Å². The Morgan fingerprint density at radius 1 is 1.44 bits per heavy atom. The number of hydrogen-bond donors (Lipinski definition) is 1. The zero-order valence-electron chi connectivity index (χ0n) is 6.39. The molecule has 0 radical (unpaired) electrons. The molecule has 0 aliphatic rings. The van der Waals surface area contributed by atoms with Gasteiger partial charge in [0, 0.05) is 7.11 Å². The second kappa shape index (κ2) is 6.05. The van der Waals surface area contributed by atoms with Crippen molar-refractivity contribution < 1.29 is 4.74 Å². The molecule has 0 saturated heterocycles. The van der Waals surface area contributed by atoms with E-state index in [0.29, 0.717) is 6.10 Å². The lowest BCUT2D eigenvalue weighted by atomic mass is 10.1. The van der Waals surface area contributed by atoms with Crippen molar-refractivity contribution in [2.45, 2.75) is 32.3 Å². The smallest absolute Gasteiger partial charge is 0.0583 e. The maximum Gasteiger partial charge on any atom is 0.0583 e. The summed E-state index contributed by atoms with van der Waals surface area (Å²) >= 11 is 0. The van der Waals surface area contributed by atoms with Crippen LogP contribution >= 0.6 is 0 Å². The van der Waals surface area contributed by atoms with Crippen molar-refractivity contribution in [2.75, 3.05) is 13.7 Å². The third-order valence-corrected chi connectivity index (χ3v) is 1.43. The minimum absolute atomic E-state index is 0.389. The number of hydrogen-bond acceptors (Lipinski definition) is 2. The second-order valence-electron chi connectivity index (χ2n) is 2.22. The molecular weight excluding hydrogens is 114 g/mol. The Bertz CT molecular complexity index is 50.9. The Kier molecular flexibility index (Phi) is 5.99. The van der Waals surface area contributed by atoms with Gasteiger partial charge in [-0.15, -0.1) is 0 Å². The van der Waals surface area contributed by atoms with E-state index in [1.54, 1.807) is 7.11 Å². The summed E-state index contributed by atoms with van der Waals surface area (Å²) in [6.45, 7) is 2.89. The molecule has 0 fully saturated rings. The molecule has 0 saturated carbocycles. The van der Waals surface area contributed by atoms with E-state index in [9.17, 15) is 0 Å². The zero-order valence-corrected chi connectivity index (χ0v) is 6.39. The summed E-state index contributed by atoms with van der Waals surface area (Å²) in [7, 11) is 1.75. The molecule has 1 atom stereocenters. The average molecular weight is 131 g/mol. The summed E-state index contributed by atoms with van der Waals surface area (Å²) in [5.41, 5.74) is 5.36. The topological polar surface area (TPSA) is 35.2 Å². The first kappa shape index (κ1) is 8.92. The molecule has 0 aliphatic heterocycles. The molecule has 2 N–H and O–H groups in total. The van der Waals surface area contributed by atoms with Gasteiger partial charge in [0.25, 0.3) is 0 Å². The van der Waals surface area contributed by atoms with Gasteiger partial charge in [0.15, 0.2) is 0 Å². The third-order valence-electron chi connectivity index (χ3n) is 1.43. The first-order chi connectivity index (χ1) is 4.35. The molecular formula is C7H17NO. The monoisotopic (exact) mass is 131 g/mol. The van der Waals surface area contributed by atoms with Crippen molar-refractivity contribution in [3.8, 4) is 0 Å². The van der Waals surface area contributed by atoms with Crippen LogP contribution in [0.25, 0.3) is 0 Å². The minimum atomic E-state index is 0.389. The van der Waals surface area contributed by atoms with Crippen molar-refractivity contribution >= 4 is 0 Å². The molecule has 0 aromatic heterocycles. The van der Waals surface area contributed by atoms with Crippen LogP contribution in [0.15, 0.2) is 0 Å². The van der Waals surface area contributed by atoms with E-state index in [0.717, 1.165) is 19.4 Å². The lowest BCUT2D eigenvalue weighted by Crippen LogP contribution is -2.15. The second-order valence-corrected chi connectivity index (χ2v) is 2.22.